The van der Waals surface area contributed by atoms with E-state index in [1.54, 1.807) is 0 Å². The van der Waals surface area contributed by atoms with E-state index < -0.39 is 0 Å². The van der Waals surface area contributed by atoms with E-state index in [4.69, 9.17) is 11.6 Å². The number of rotatable bonds is 0. The van der Waals surface area contributed by atoms with Crippen molar-refractivity contribution >= 4 is 17.5 Å². The predicted molar refractivity (Wildman–Crippen MR) is 41.7 cm³/mol. The molecule has 3 nitrogen and oxygen atoms in total. The van der Waals surface area contributed by atoms with Gasteiger partial charge >= 0.3 is 0 Å². The van der Waals surface area contributed by atoms with Crippen LogP contribution >= 0.6 is 11.6 Å². The van der Waals surface area contributed by atoms with Crippen LogP contribution < -0.4 is 10.6 Å². The van der Waals surface area contributed by atoms with Crippen molar-refractivity contribution in [2.24, 2.45) is 0 Å². The third-order valence-electron chi connectivity index (χ3n) is 1.69. The molecule has 0 aliphatic carbocycles. The van der Waals surface area contributed by atoms with Gasteiger partial charge in [0.15, 0.2) is 0 Å². The monoisotopic (exact) mass is 170 g/mol. The van der Waals surface area contributed by atoms with Gasteiger partial charge in [0.2, 0.25) is 5.91 Å². The highest BCUT2D eigenvalue weighted by atomic mass is 35.5. The Balaban J connectivity index is 2.24. The molecule has 0 saturated carbocycles. The third-order valence-corrected chi connectivity index (χ3v) is 1.94. The van der Waals surface area contributed by atoms with Crippen LogP contribution in [0.25, 0.3) is 0 Å². The molecule has 1 atom stereocenters. The summed E-state index contributed by atoms with van der Waals surface area (Å²) in [5.74, 6) is 0.787. The van der Waals surface area contributed by atoms with Gasteiger partial charge in [-0.25, -0.2) is 0 Å². The van der Waals surface area contributed by atoms with Crippen molar-refractivity contribution in [2.45, 2.75) is 11.9 Å². The van der Waals surface area contributed by atoms with E-state index in [2.05, 4.69) is 10.6 Å². The number of dihydropyridines is 1. The van der Waals surface area contributed by atoms with Gasteiger partial charge in [-0.05, 0) is 6.08 Å². The lowest BCUT2D eigenvalue weighted by molar-refractivity contribution is -0.118. The highest BCUT2D eigenvalue weighted by Crippen LogP contribution is 2.19. The number of hydrogen-bond donors (Lipinski definition) is 2. The van der Waals surface area contributed by atoms with Crippen molar-refractivity contribution < 1.29 is 4.79 Å². The second-order valence-corrected chi connectivity index (χ2v) is 3.00. The molecule has 2 aliphatic heterocycles. The van der Waals surface area contributed by atoms with E-state index in [1.807, 2.05) is 12.2 Å². The molecule has 1 amide bonds. The number of carbonyl (C=O) groups excluding carboxylic acids is 1. The van der Waals surface area contributed by atoms with Gasteiger partial charge in [0, 0.05) is 5.57 Å². The van der Waals surface area contributed by atoms with Gasteiger partial charge in [-0.15, -0.1) is 0 Å². The Labute approximate surface area is 69.1 Å². The second kappa shape index (κ2) is 2.27. The van der Waals surface area contributed by atoms with Gasteiger partial charge in [-0.3, -0.25) is 4.79 Å². The molecule has 2 N–H and O–H groups in total. The molecule has 0 aromatic heterocycles. The number of alkyl halides is 1. The number of halogens is 1. The first kappa shape index (κ1) is 6.73. The van der Waals surface area contributed by atoms with Gasteiger partial charge < -0.3 is 10.6 Å². The fraction of sp³-hybridized carbons (Fsp3) is 0.286. The predicted octanol–water partition coefficient (Wildman–Crippen LogP) is 0.442. The second-order valence-electron chi connectivity index (χ2n) is 2.53. The first-order chi connectivity index (χ1) is 5.25. The van der Waals surface area contributed by atoms with Crippen molar-refractivity contribution in [3.05, 3.63) is 23.5 Å². The Morgan fingerprint density at radius 3 is 3.27 bits per heavy atom. The van der Waals surface area contributed by atoms with Crippen LogP contribution in [0.2, 0.25) is 0 Å². The summed E-state index contributed by atoms with van der Waals surface area (Å²) in [5, 5.41) is 5.62. The summed E-state index contributed by atoms with van der Waals surface area (Å²) in [5.41, 5.74) is 0.791. The van der Waals surface area contributed by atoms with Crippen molar-refractivity contribution in [2.75, 3.05) is 0 Å². The smallest absolute Gasteiger partial charge is 0.230 e. The maximum atomic E-state index is 10.8. The van der Waals surface area contributed by atoms with E-state index in [0.717, 1.165) is 11.4 Å². The van der Waals surface area contributed by atoms with Gasteiger partial charge in [-0.2, -0.15) is 0 Å². The molecule has 0 fully saturated rings. The molecule has 58 valence electrons. The molecule has 11 heavy (non-hydrogen) atoms. The molecule has 1 unspecified atom stereocenters. The average molecular weight is 171 g/mol. The van der Waals surface area contributed by atoms with Gasteiger partial charge in [0.1, 0.15) is 11.3 Å². The Kier molecular flexibility index (Phi) is 1.39. The molecular formula is C7H7ClN2O. The third kappa shape index (κ3) is 1.12. The van der Waals surface area contributed by atoms with Gasteiger partial charge in [0.05, 0.1) is 6.42 Å². The molecule has 2 aliphatic rings. The van der Waals surface area contributed by atoms with Crippen LogP contribution in [0.15, 0.2) is 23.5 Å². The lowest BCUT2D eigenvalue weighted by Gasteiger charge is -2.15. The number of allylic oxidation sites excluding steroid dienone is 1. The zero-order valence-electron chi connectivity index (χ0n) is 5.73. The standard InChI is InChI=1S/C7H7ClN2O/c8-5-2-1-4-3-6(11)10-7(4)9-5/h1-2,5,9H,3H2,(H,10,11). The van der Waals surface area contributed by atoms with E-state index in [0.29, 0.717) is 6.42 Å². The molecule has 0 radical (unpaired) electrons. The van der Waals surface area contributed by atoms with Crippen molar-refractivity contribution in [1.29, 1.82) is 0 Å². The van der Waals surface area contributed by atoms with E-state index in [9.17, 15) is 4.79 Å². The summed E-state index contributed by atoms with van der Waals surface area (Å²) in [7, 11) is 0. The molecule has 0 aromatic rings. The molecule has 0 bridgehead atoms. The average Bonchev–Trinajstić information content (AvgIpc) is 2.27. The summed E-state index contributed by atoms with van der Waals surface area (Å²) < 4.78 is 0. The summed E-state index contributed by atoms with van der Waals surface area (Å²) in [4.78, 5) is 10.8. The van der Waals surface area contributed by atoms with Crippen LogP contribution in [0.1, 0.15) is 6.42 Å². The highest BCUT2D eigenvalue weighted by Gasteiger charge is 2.22. The zero-order valence-corrected chi connectivity index (χ0v) is 6.48. The first-order valence-electron chi connectivity index (χ1n) is 3.37. The van der Waals surface area contributed by atoms with Crippen LogP contribution in [-0.4, -0.2) is 11.4 Å². The largest absolute Gasteiger partial charge is 0.352 e. The molecule has 0 spiro atoms. The molecular weight excluding hydrogens is 164 g/mol. The first-order valence-corrected chi connectivity index (χ1v) is 3.81. The maximum Gasteiger partial charge on any atom is 0.230 e. The number of nitrogens with one attached hydrogen (secondary N) is 2. The van der Waals surface area contributed by atoms with Gasteiger partial charge in [0.25, 0.3) is 0 Å². The minimum Gasteiger partial charge on any atom is -0.352 e. The minimum absolute atomic E-state index is 0.0258. The minimum atomic E-state index is -0.202. The summed E-state index contributed by atoms with van der Waals surface area (Å²) in [6, 6.07) is 0. The van der Waals surface area contributed by atoms with Crippen molar-refractivity contribution in [3.63, 3.8) is 0 Å². The lowest BCUT2D eigenvalue weighted by atomic mass is 10.2. The summed E-state index contributed by atoms with van der Waals surface area (Å²) in [6.07, 6.45) is 4.16. The maximum absolute atomic E-state index is 10.8. The quantitative estimate of drug-likeness (QED) is 0.409. The zero-order chi connectivity index (χ0) is 7.84. The summed E-state index contributed by atoms with van der Waals surface area (Å²) in [6.45, 7) is 0. The highest BCUT2D eigenvalue weighted by molar-refractivity contribution is 6.21. The number of carbonyl (C=O) groups is 1. The van der Waals surface area contributed by atoms with Crippen LogP contribution in [0, 0.1) is 0 Å². The molecule has 4 heteroatoms. The van der Waals surface area contributed by atoms with Crippen molar-refractivity contribution in [3.8, 4) is 0 Å². The topological polar surface area (TPSA) is 41.1 Å². The fourth-order valence-electron chi connectivity index (χ4n) is 1.18. The Hall–Kier alpha value is -0.960. The number of amides is 1. The van der Waals surface area contributed by atoms with Crippen LogP contribution in [0.4, 0.5) is 0 Å². The molecule has 2 rings (SSSR count). The van der Waals surface area contributed by atoms with E-state index >= 15 is 0 Å². The molecule has 2 heterocycles. The number of hydrogen-bond acceptors (Lipinski definition) is 2. The lowest BCUT2D eigenvalue weighted by Crippen LogP contribution is -2.31. The Morgan fingerprint density at radius 1 is 1.64 bits per heavy atom. The van der Waals surface area contributed by atoms with Gasteiger partial charge in [-0.1, -0.05) is 17.7 Å². The van der Waals surface area contributed by atoms with E-state index in [1.165, 1.54) is 0 Å². The van der Waals surface area contributed by atoms with Crippen LogP contribution in [0.3, 0.4) is 0 Å². The Morgan fingerprint density at radius 2 is 2.45 bits per heavy atom. The SMILES string of the molecule is O=C1CC2=C(N1)NC(Cl)C=C2. The van der Waals surface area contributed by atoms with E-state index in [-0.39, 0.29) is 11.4 Å². The normalized spacial score (nSPS) is 28.1. The van der Waals surface area contributed by atoms with Crippen LogP contribution in [-0.2, 0) is 4.79 Å². The molecule has 0 aromatic carbocycles. The molecule has 0 saturated heterocycles. The fourth-order valence-corrected chi connectivity index (χ4v) is 1.36. The summed E-state index contributed by atoms with van der Waals surface area (Å²) >= 11 is 5.75. The van der Waals surface area contributed by atoms with Crippen LogP contribution in [0.5, 0.6) is 0 Å². The van der Waals surface area contributed by atoms with Crippen molar-refractivity contribution in [1.82, 2.24) is 10.6 Å². The Bertz CT molecular complexity index is 270.